The lowest BCUT2D eigenvalue weighted by atomic mass is 10.1. The summed E-state index contributed by atoms with van der Waals surface area (Å²) in [7, 11) is 3.51. The van der Waals surface area contributed by atoms with Crippen LogP contribution in [0.2, 0.25) is 0 Å². The van der Waals surface area contributed by atoms with E-state index in [9.17, 15) is 9.59 Å². The second-order valence-electron chi connectivity index (χ2n) is 6.51. The maximum atomic E-state index is 12.6. The average Bonchev–Trinajstić information content (AvgIpc) is 2.90. The molecule has 2 rings (SSSR count). The van der Waals surface area contributed by atoms with Crippen molar-refractivity contribution < 1.29 is 9.59 Å². The van der Waals surface area contributed by atoms with Crippen LogP contribution in [0, 0.1) is 13.8 Å². The Morgan fingerprint density at radius 1 is 1.27 bits per heavy atom. The van der Waals surface area contributed by atoms with E-state index in [0.717, 1.165) is 11.3 Å². The number of rotatable bonds is 7. The van der Waals surface area contributed by atoms with Crippen LogP contribution < -0.4 is 5.32 Å². The van der Waals surface area contributed by atoms with Gasteiger partial charge < -0.3 is 10.2 Å². The maximum absolute atomic E-state index is 12.6. The highest BCUT2D eigenvalue weighted by molar-refractivity contribution is 5.96. The van der Waals surface area contributed by atoms with Gasteiger partial charge in [0.25, 0.3) is 0 Å². The molecule has 2 heterocycles. The number of hydrogen-bond acceptors (Lipinski definition) is 6. The fraction of sp³-hybridized carbons (Fsp3) is 0.500. The highest BCUT2D eigenvalue weighted by Gasteiger charge is 2.21. The highest BCUT2D eigenvalue weighted by Crippen LogP contribution is 2.20. The molecule has 1 N–H and O–H groups in total. The van der Waals surface area contributed by atoms with Gasteiger partial charge in [-0.2, -0.15) is 5.10 Å². The molecule has 26 heavy (non-hydrogen) atoms. The van der Waals surface area contributed by atoms with E-state index in [1.165, 1.54) is 6.92 Å². The van der Waals surface area contributed by atoms with Gasteiger partial charge >= 0.3 is 0 Å². The molecule has 0 aliphatic heterocycles. The maximum Gasteiger partial charge on any atom is 0.224 e. The molecule has 0 fully saturated rings. The molecule has 0 saturated carbocycles. The van der Waals surface area contributed by atoms with Gasteiger partial charge in [-0.3, -0.25) is 14.3 Å². The summed E-state index contributed by atoms with van der Waals surface area (Å²) in [6, 6.07) is -0.139. The number of anilines is 1. The van der Waals surface area contributed by atoms with Crippen molar-refractivity contribution in [3.05, 3.63) is 34.9 Å². The van der Waals surface area contributed by atoms with Crippen molar-refractivity contribution >= 4 is 17.6 Å². The zero-order chi connectivity index (χ0) is 19.4. The Morgan fingerprint density at radius 3 is 2.38 bits per heavy atom. The topological polar surface area (TPSA) is 93.0 Å². The molecule has 0 radical (unpaired) electrons. The fourth-order valence-electron chi connectivity index (χ4n) is 3.02. The number of carbonyl (C=O) groups excluding carboxylic acids is 2. The summed E-state index contributed by atoms with van der Waals surface area (Å²) in [5, 5.41) is 7.30. The molecular weight excluding hydrogens is 332 g/mol. The Balaban J connectivity index is 2.04. The van der Waals surface area contributed by atoms with E-state index in [0.29, 0.717) is 30.2 Å². The minimum absolute atomic E-state index is 0.00730. The minimum Gasteiger partial charge on any atom is -0.357 e. The quantitative estimate of drug-likeness (QED) is 0.762. The van der Waals surface area contributed by atoms with Crippen LogP contribution in [0.5, 0.6) is 0 Å². The van der Waals surface area contributed by atoms with Crippen LogP contribution in [-0.4, -0.2) is 50.4 Å². The molecule has 1 atom stereocenters. The van der Waals surface area contributed by atoms with E-state index in [4.69, 9.17) is 0 Å². The molecule has 0 aromatic carbocycles. The number of Topliss-reactive ketones (excluding diaryl/α,β-unsaturated/α-hetero) is 1. The molecule has 0 bridgehead atoms. The Morgan fingerprint density at radius 2 is 1.88 bits per heavy atom. The van der Waals surface area contributed by atoms with Crippen LogP contribution >= 0.6 is 0 Å². The molecule has 140 valence electrons. The Labute approximate surface area is 153 Å². The summed E-state index contributed by atoms with van der Waals surface area (Å²) in [6.45, 7) is 7.58. The summed E-state index contributed by atoms with van der Waals surface area (Å²) >= 11 is 0. The monoisotopic (exact) mass is 358 g/mol. The molecule has 0 aliphatic rings. The van der Waals surface area contributed by atoms with E-state index in [-0.39, 0.29) is 17.7 Å². The van der Waals surface area contributed by atoms with E-state index in [1.807, 2.05) is 20.8 Å². The number of carbonyl (C=O) groups is 2. The van der Waals surface area contributed by atoms with Crippen molar-refractivity contribution in [2.75, 3.05) is 19.4 Å². The molecule has 1 amide bonds. The second-order valence-corrected chi connectivity index (χ2v) is 6.51. The number of amides is 1. The number of hydrogen-bond donors (Lipinski definition) is 1. The van der Waals surface area contributed by atoms with E-state index in [2.05, 4.69) is 20.4 Å². The van der Waals surface area contributed by atoms with Gasteiger partial charge in [0, 0.05) is 50.7 Å². The van der Waals surface area contributed by atoms with Crippen LogP contribution in [0.1, 0.15) is 53.6 Å². The number of aryl methyl sites for hydroxylation is 1. The number of aromatic nitrogens is 4. The summed E-state index contributed by atoms with van der Waals surface area (Å²) in [6.07, 6.45) is 3.70. The van der Waals surface area contributed by atoms with Crippen molar-refractivity contribution in [1.82, 2.24) is 24.6 Å². The SMILES string of the molecule is CNc1ncc(CN(C)C(=O)C[C@@H](C)n2nc(C)c(C(C)=O)c2C)cn1. The van der Waals surface area contributed by atoms with Gasteiger partial charge in [0.05, 0.1) is 17.3 Å². The number of nitrogens with zero attached hydrogens (tertiary/aromatic N) is 5. The first-order valence-electron chi connectivity index (χ1n) is 8.53. The van der Waals surface area contributed by atoms with Gasteiger partial charge in [-0.05, 0) is 27.7 Å². The standard InChI is InChI=1S/C18H26N6O2/c1-11(24-13(3)17(14(4)25)12(2)22-24)7-16(26)23(6)10-15-8-20-18(19-5)21-9-15/h8-9,11H,7,10H2,1-6H3,(H,19,20,21)/t11-/m1/s1. The molecule has 0 unspecified atom stereocenters. The van der Waals surface area contributed by atoms with Crippen LogP contribution in [0.25, 0.3) is 0 Å². The average molecular weight is 358 g/mol. The third-order valence-electron chi connectivity index (χ3n) is 4.34. The van der Waals surface area contributed by atoms with Crippen molar-refractivity contribution in [2.45, 2.75) is 46.7 Å². The van der Waals surface area contributed by atoms with E-state index < -0.39 is 0 Å². The first-order chi connectivity index (χ1) is 12.2. The first kappa shape index (κ1) is 19.6. The van der Waals surface area contributed by atoms with E-state index in [1.54, 1.807) is 36.1 Å². The van der Waals surface area contributed by atoms with Crippen LogP contribution in [-0.2, 0) is 11.3 Å². The van der Waals surface area contributed by atoms with Crippen molar-refractivity contribution in [2.24, 2.45) is 0 Å². The molecule has 0 spiro atoms. The number of nitrogens with one attached hydrogen (secondary N) is 1. The van der Waals surface area contributed by atoms with Crippen LogP contribution in [0.15, 0.2) is 12.4 Å². The van der Waals surface area contributed by atoms with Gasteiger partial charge in [0.15, 0.2) is 5.78 Å². The zero-order valence-corrected chi connectivity index (χ0v) is 16.2. The fourth-order valence-corrected chi connectivity index (χ4v) is 3.02. The van der Waals surface area contributed by atoms with Crippen molar-refractivity contribution in [3.8, 4) is 0 Å². The van der Waals surface area contributed by atoms with Gasteiger partial charge in [-0.25, -0.2) is 9.97 Å². The molecule has 8 heteroatoms. The van der Waals surface area contributed by atoms with Gasteiger partial charge in [-0.15, -0.1) is 0 Å². The largest absolute Gasteiger partial charge is 0.357 e. The minimum atomic E-state index is -0.139. The zero-order valence-electron chi connectivity index (χ0n) is 16.2. The normalized spacial score (nSPS) is 11.9. The lowest BCUT2D eigenvalue weighted by Crippen LogP contribution is -2.28. The number of ketones is 1. The van der Waals surface area contributed by atoms with Gasteiger partial charge in [0.2, 0.25) is 11.9 Å². The Kier molecular flexibility index (Phi) is 6.07. The first-order valence-corrected chi connectivity index (χ1v) is 8.53. The molecule has 2 aromatic heterocycles. The molecule has 8 nitrogen and oxygen atoms in total. The summed E-state index contributed by atoms with van der Waals surface area (Å²) in [5.74, 6) is 0.529. The smallest absolute Gasteiger partial charge is 0.224 e. The van der Waals surface area contributed by atoms with Crippen LogP contribution in [0.3, 0.4) is 0 Å². The predicted molar refractivity (Wildman–Crippen MR) is 99.1 cm³/mol. The molecule has 0 saturated heterocycles. The Hall–Kier alpha value is -2.77. The van der Waals surface area contributed by atoms with E-state index >= 15 is 0 Å². The van der Waals surface area contributed by atoms with Gasteiger partial charge in [-0.1, -0.05) is 0 Å². The second kappa shape index (κ2) is 8.07. The van der Waals surface area contributed by atoms with Gasteiger partial charge in [0.1, 0.15) is 0 Å². The summed E-state index contributed by atoms with van der Waals surface area (Å²) in [5.41, 5.74) is 3.00. The lowest BCUT2D eigenvalue weighted by molar-refractivity contribution is -0.131. The molecular formula is C18H26N6O2. The highest BCUT2D eigenvalue weighted by atomic mass is 16.2. The third-order valence-corrected chi connectivity index (χ3v) is 4.34. The molecule has 2 aromatic rings. The summed E-state index contributed by atoms with van der Waals surface area (Å²) in [4.78, 5) is 34.3. The van der Waals surface area contributed by atoms with Crippen molar-refractivity contribution in [1.29, 1.82) is 0 Å². The summed E-state index contributed by atoms with van der Waals surface area (Å²) < 4.78 is 1.77. The third kappa shape index (κ3) is 4.25. The predicted octanol–water partition coefficient (Wildman–Crippen LogP) is 2.14. The molecule has 0 aliphatic carbocycles. The van der Waals surface area contributed by atoms with Crippen LogP contribution in [0.4, 0.5) is 5.95 Å². The Bertz CT molecular complexity index is 797. The van der Waals surface area contributed by atoms with Crippen molar-refractivity contribution in [3.63, 3.8) is 0 Å². The lowest BCUT2D eigenvalue weighted by Gasteiger charge is -2.20.